The van der Waals surface area contributed by atoms with Gasteiger partial charge in [-0.15, -0.1) is 0 Å². The minimum absolute atomic E-state index is 0.785. The summed E-state index contributed by atoms with van der Waals surface area (Å²) in [6, 6.07) is 1.94. The zero-order chi connectivity index (χ0) is 10.1. The molecule has 3 nitrogen and oxygen atoms in total. The van der Waals surface area contributed by atoms with Crippen molar-refractivity contribution in [1.29, 1.82) is 0 Å². The average Bonchev–Trinajstić information content (AvgIpc) is 2.66. The van der Waals surface area contributed by atoms with Crippen LogP contribution in [0.15, 0.2) is 12.3 Å². The van der Waals surface area contributed by atoms with Gasteiger partial charge in [0.15, 0.2) is 5.82 Å². The molecule has 0 fully saturated rings. The molecule has 0 N–H and O–H groups in total. The molecule has 2 heterocycles. The molecule has 0 aliphatic rings. The summed E-state index contributed by atoms with van der Waals surface area (Å²) in [4.78, 5) is 9.89. The highest BCUT2D eigenvalue weighted by Crippen LogP contribution is 2.20. The molecule has 0 spiro atoms. The van der Waals surface area contributed by atoms with Crippen LogP contribution in [0.1, 0.15) is 17.0 Å². The van der Waals surface area contributed by atoms with Crippen LogP contribution in [0.2, 0.25) is 0 Å². The van der Waals surface area contributed by atoms with Crippen molar-refractivity contribution in [1.82, 2.24) is 14.3 Å². The third kappa shape index (κ3) is 1.53. The summed E-state index contributed by atoms with van der Waals surface area (Å²) in [5, 5.41) is 0. The van der Waals surface area contributed by atoms with Gasteiger partial charge in [-0.25, -0.2) is 14.3 Å². The molecular weight excluding hydrogens is 194 g/mol. The number of hydrogen-bond donors (Lipinski definition) is 0. The third-order valence-electron chi connectivity index (χ3n) is 2.29. The number of aryl methyl sites for hydroxylation is 2. The van der Waals surface area contributed by atoms with Crippen molar-refractivity contribution in [3.63, 3.8) is 0 Å². The first-order chi connectivity index (χ1) is 6.68. The van der Waals surface area contributed by atoms with Crippen molar-refractivity contribution in [2.75, 3.05) is 0 Å². The minimum atomic E-state index is 0.785. The molecule has 0 saturated heterocycles. The molecular formula is C10H11N3S. The highest BCUT2D eigenvalue weighted by molar-refractivity contribution is 7.09. The van der Waals surface area contributed by atoms with E-state index in [1.807, 2.05) is 26.8 Å². The van der Waals surface area contributed by atoms with Gasteiger partial charge in [0.2, 0.25) is 0 Å². The summed E-state index contributed by atoms with van der Waals surface area (Å²) in [6.07, 6.45) is 1.77. The van der Waals surface area contributed by atoms with Crippen molar-refractivity contribution in [2.24, 2.45) is 0 Å². The van der Waals surface area contributed by atoms with Gasteiger partial charge in [-0.2, -0.15) is 0 Å². The molecule has 2 rings (SSSR count). The fourth-order valence-corrected chi connectivity index (χ4v) is 1.74. The van der Waals surface area contributed by atoms with E-state index in [9.17, 15) is 0 Å². The molecule has 0 bridgehead atoms. The Bertz CT molecular complexity index is 425. The second-order valence-corrected chi connectivity index (χ2v) is 4.05. The Morgan fingerprint density at radius 1 is 1.07 bits per heavy atom. The van der Waals surface area contributed by atoms with Crippen molar-refractivity contribution >= 4 is 11.5 Å². The summed E-state index contributed by atoms with van der Waals surface area (Å²) < 4.78 is 4.04. The van der Waals surface area contributed by atoms with E-state index in [-0.39, 0.29) is 0 Å². The summed E-state index contributed by atoms with van der Waals surface area (Å²) in [5.74, 6) is 0.785. The molecule has 4 heteroatoms. The maximum absolute atomic E-state index is 4.44. The number of aromatic nitrogens is 3. The van der Waals surface area contributed by atoms with E-state index in [1.54, 1.807) is 6.20 Å². The number of rotatable bonds is 1. The average molecular weight is 205 g/mol. The van der Waals surface area contributed by atoms with Gasteiger partial charge in [0.05, 0.1) is 4.88 Å². The Morgan fingerprint density at radius 3 is 2.21 bits per heavy atom. The van der Waals surface area contributed by atoms with Crippen molar-refractivity contribution in [3.8, 4) is 10.7 Å². The molecule has 0 aliphatic heterocycles. The number of hydrogen-bond acceptors (Lipinski definition) is 4. The first-order valence-electron chi connectivity index (χ1n) is 4.41. The third-order valence-corrected chi connectivity index (χ3v) is 3.03. The Hall–Kier alpha value is -1.29. The largest absolute Gasteiger partial charge is 0.232 e. The molecule has 0 unspecified atom stereocenters. The maximum Gasteiger partial charge on any atom is 0.171 e. The van der Waals surface area contributed by atoms with Crippen molar-refractivity contribution in [2.45, 2.75) is 20.8 Å². The lowest BCUT2D eigenvalue weighted by Crippen LogP contribution is -1.97. The second-order valence-electron chi connectivity index (χ2n) is 3.22. The number of nitrogens with zero attached hydrogens (tertiary/aromatic N) is 3. The van der Waals surface area contributed by atoms with Crippen LogP contribution in [-0.2, 0) is 0 Å². The maximum atomic E-state index is 4.44. The topological polar surface area (TPSA) is 38.7 Å². The van der Waals surface area contributed by atoms with Gasteiger partial charge in [-0.05, 0) is 43.9 Å². The van der Waals surface area contributed by atoms with Crippen LogP contribution in [-0.4, -0.2) is 14.3 Å². The van der Waals surface area contributed by atoms with Gasteiger partial charge in [0.1, 0.15) is 0 Å². The lowest BCUT2D eigenvalue weighted by atomic mass is 10.2. The van der Waals surface area contributed by atoms with E-state index >= 15 is 0 Å². The Morgan fingerprint density at radius 2 is 1.71 bits per heavy atom. The molecule has 72 valence electrons. The molecule has 2 aromatic heterocycles. The van der Waals surface area contributed by atoms with Gasteiger partial charge in [0, 0.05) is 17.6 Å². The van der Waals surface area contributed by atoms with E-state index in [0.717, 1.165) is 22.1 Å². The van der Waals surface area contributed by atoms with Crippen LogP contribution in [0.25, 0.3) is 10.7 Å². The summed E-state index contributed by atoms with van der Waals surface area (Å²) >= 11 is 1.42. The standard InChI is InChI=1S/C10H11N3S/c1-6-7(2)12-10(13-8(6)3)9-4-5-11-14-9/h4-5H,1-3H3. The molecule has 0 atom stereocenters. The quantitative estimate of drug-likeness (QED) is 0.718. The molecule has 2 aromatic rings. The van der Waals surface area contributed by atoms with E-state index < -0.39 is 0 Å². The summed E-state index contributed by atoms with van der Waals surface area (Å²) in [5.41, 5.74) is 3.25. The van der Waals surface area contributed by atoms with E-state index in [0.29, 0.717) is 0 Å². The minimum Gasteiger partial charge on any atom is -0.232 e. The fourth-order valence-electron chi connectivity index (χ4n) is 1.21. The highest BCUT2D eigenvalue weighted by Gasteiger charge is 2.07. The molecule has 0 saturated carbocycles. The van der Waals surface area contributed by atoms with Crippen LogP contribution in [0.5, 0.6) is 0 Å². The highest BCUT2D eigenvalue weighted by atomic mass is 32.1. The lowest BCUT2D eigenvalue weighted by Gasteiger charge is -2.04. The summed E-state index contributed by atoms with van der Waals surface area (Å²) in [6.45, 7) is 6.06. The lowest BCUT2D eigenvalue weighted by molar-refractivity contribution is 1.03. The van der Waals surface area contributed by atoms with Gasteiger partial charge in [-0.1, -0.05) is 0 Å². The summed E-state index contributed by atoms with van der Waals surface area (Å²) in [7, 11) is 0. The van der Waals surface area contributed by atoms with Crippen LogP contribution < -0.4 is 0 Å². The van der Waals surface area contributed by atoms with Crippen LogP contribution >= 0.6 is 11.5 Å². The molecule has 0 aliphatic carbocycles. The molecule has 0 radical (unpaired) electrons. The predicted molar refractivity (Wildman–Crippen MR) is 57.4 cm³/mol. The zero-order valence-electron chi connectivity index (χ0n) is 8.40. The monoisotopic (exact) mass is 205 g/mol. The van der Waals surface area contributed by atoms with E-state index in [4.69, 9.17) is 0 Å². The van der Waals surface area contributed by atoms with Crippen molar-refractivity contribution in [3.05, 3.63) is 29.2 Å². The van der Waals surface area contributed by atoms with E-state index in [1.165, 1.54) is 17.1 Å². The molecule has 14 heavy (non-hydrogen) atoms. The van der Waals surface area contributed by atoms with Gasteiger partial charge >= 0.3 is 0 Å². The Labute approximate surface area is 87.0 Å². The van der Waals surface area contributed by atoms with Gasteiger partial charge < -0.3 is 0 Å². The Balaban J connectivity index is 2.57. The second kappa shape index (κ2) is 3.46. The van der Waals surface area contributed by atoms with E-state index in [2.05, 4.69) is 14.3 Å². The SMILES string of the molecule is Cc1nc(-c2ccns2)nc(C)c1C. The smallest absolute Gasteiger partial charge is 0.171 e. The van der Waals surface area contributed by atoms with Crippen LogP contribution in [0.3, 0.4) is 0 Å². The zero-order valence-corrected chi connectivity index (χ0v) is 9.22. The van der Waals surface area contributed by atoms with Crippen LogP contribution in [0.4, 0.5) is 0 Å². The Kier molecular flexibility index (Phi) is 2.29. The predicted octanol–water partition coefficient (Wildman–Crippen LogP) is 2.53. The molecule has 0 amide bonds. The van der Waals surface area contributed by atoms with Gasteiger partial charge in [-0.3, -0.25) is 0 Å². The van der Waals surface area contributed by atoms with Crippen LogP contribution in [0, 0.1) is 20.8 Å². The first kappa shape index (κ1) is 9.27. The normalized spacial score (nSPS) is 10.5. The molecule has 0 aromatic carbocycles. The van der Waals surface area contributed by atoms with Gasteiger partial charge in [0.25, 0.3) is 0 Å². The fraction of sp³-hybridized carbons (Fsp3) is 0.300. The first-order valence-corrected chi connectivity index (χ1v) is 5.18. The van der Waals surface area contributed by atoms with Crippen molar-refractivity contribution < 1.29 is 0 Å².